The van der Waals surface area contributed by atoms with Crippen LogP contribution in [0.5, 0.6) is 0 Å². The van der Waals surface area contributed by atoms with Crippen LogP contribution in [0.15, 0.2) is 212 Å². The fraction of sp³-hybridized carbons (Fsp3) is 0.374. The third-order valence-electron chi connectivity index (χ3n) is 22.5. The zero-order chi connectivity index (χ0) is 86.1. The third-order valence-corrected chi connectivity index (χ3v) is 22.5. The molecule has 0 atom stereocenters. The first kappa shape index (κ1) is 92.8. The van der Waals surface area contributed by atoms with Crippen LogP contribution in [0.1, 0.15) is 264 Å². The molecule has 0 N–H and O–H groups in total. The van der Waals surface area contributed by atoms with Crippen molar-refractivity contribution in [2.75, 3.05) is 0 Å². The molecule has 12 aromatic rings. The molecule has 0 heterocycles. The molecule has 0 unspecified atom stereocenters. The lowest BCUT2D eigenvalue weighted by Gasteiger charge is -2.25. The average Bonchev–Trinajstić information content (AvgIpc) is 0.765. The van der Waals surface area contributed by atoms with E-state index >= 15 is 0 Å². The number of hydrogen-bond acceptors (Lipinski definition) is 0. The quantitative estimate of drug-likeness (QED) is 0.156. The van der Waals surface area contributed by atoms with Gasteiger partial charge in [0.15, 0.2) is 0 Å². The van der Waals surface area contributed by atoms with E-state index in [1.165, 1.54) is 206 Å². The summed E-state index contributed by atoms with van der Waals surface area (Å²) in [6.07, 6.45) is 0. The van der Waals surface area contributed by atoms with Crippen molar-refractivity contribution in [1.82, 2.24) is 0 Å². The van der Waals surface area contributed by atoms with Crippen LogP contribution in [0.4, 0.5) is 0 Å². The van der Waals surface area contributed by atoms with E-state index in [2.05, 4.69) is 469 Å². The first-order valence-corrected chi connectivity index (χ1v) is 42.3. The molecule has 0 spiro atoms. The second kappa shape index (κ2) is 37.7. The Bertz CT molecular complexity index is 5220. The second-order valence-electron chi connectivity index (χ2n) is 40.1. The molecule has 0 aliphatic rings. The fourth-order valence-electron chi connectivity index (χ4n) is 18.0. The highest BCUT2D eigenvalue weighted by Crippen LogP contribution is 2.40. The normalized spacial score (nSPS) is 11.7. The van der Waals surface area contributed by atoms with Crippen LogP contribution in [-0.4, -0.2) is 0 Å². The van der Waals surface area contributed by atoms with Gasteiger partial charge in [0.25, 0.3) is 0 Å². The predicted octanol–water partition coefficient (Wildman–Crippen LogP) is 33.8. The molecule has 0 aliphatic heterocycles. The van der Waals surface area contributed by atoms with E-state index in [0.717, 1.165) is 0 Å². The van der Waals surface area contributed by atoms with Crippen LogP contribution in [0.25, 0.3) is 66.8 Å². The van der Waals surface area contributed by atoms with Gasteiger partial charge in [0.05, 0.1) is 0 Å². The lowest BCUT2D eigenvalue weighted by atomic mass is 9.79. The topological polar surface area (TPSA) is 0 Å². The molecule has 606 valence electrons. The Morgan fingerprint density at radius 2 is 0.400 bits per heavy atom. The number of aryl methyl sites for hydroxylation is 19. The van der Waals surface area contributed by atoms with Gasteiger partial charge in [-0.15, -0.1) is 0 Å². The summed E-state index contributed by atoms with van der Waals surface area (Å²) in [7, 11) is 0. The Morgan fingerprint density at radius 3 is 0.713 bits per heavy atom. The molecule has 0 aliphatic carbocycles. The van der Waals surface area contributed by atoms with Gasteiger partial charge in [0.1, 0.15) is 0 Å². The summed E-state index contributed by atoms with van der Waals surface area (Å²) < 4.78 is 0. The minimum Gasteiger partial charge on any atom is -0.0587 e. The molecular formula is C115H146. The predicted molar refractivity (Wildman–Crippen MR) is 513 cm³/mol. The van der Waals surface area contributed by atoms with Gasteiger partial charge in [0.2, 0.25) is 0 Å². The first-order valence-electron chi connectivity index (χ1n) is 42.3. The van der Waals surface area contributed by atoms with Crippen LogP contribution in [0, 0.1) is 132 Å². The summed E-state index contributed by atoms with van der Waals surface area (Å²) in [5, 5.41) is 0. The zero-order valence-electron chi connectivity index (χ0n) is 78.7. The van der Waals surface area contributed by atoms with Gasteiger partial charge in [0, 0.05) is 0 Å². The van der Waals surface area contributed by atoms with Crippen LogP contribution < -0.4 is 0 Å². The minimum atomic E-state index is 0.198. The molecule has 0 radical (unpaired) electrons. The van der Waals surface area contributed by atoms with Crippen molar-refractivity contribution >= 4 is 0 Å². The van der Waals surface area contributed by atoms with Crippen LogP contribution in [0.3, 0.4) is 0 Å². The van der Waals surface area contributed by atoms with Crippen LogP contribution in [0.2, 0.25) is 0 Å². The molecule has 0 amide bonds. The van der Waals surface area contributed by atoms with Crippen molar-refractivity contribution in [2.24, 2.45) is 0 Å². The highest BCUT2D eigenvalue weighted by atomic mass is 14.3. The molecule has 12 rings (SSSR count). The molecule has 0 bridgehead atoms. The molecule has 0 saturated carbocycles. The summed E-state index contributed by atoms with van der Waals surface area (Å²) in [4.78, 5) is 0. The highest BCUT2D eigenvalue weighted by Gasteiger charge is 2.25. The Kier molecular flexibility index (Phi) is 30.4. The van der Waals surface area contributed by atoms with Gasteiger partial charge < -0.3 is 0 Å². The van der Waals surface area contributed by atoms with E-state index in [4.69, 9.17) is 0 Å². The largest absolute Gasteiger partial charge is 0.0587 e. The first-order chi connectivity index (χ1) is 53.1. The van der Waals surface area contributed by atoms with Crippen molar-refractivity contribution in [3.63, 3.8) is 0 Å². The number of benzene rings is 12. The van der Waals surface area contributed by atoms with E-state index in [9.17, 15) is 0 Å². The van der Waals surface area contributed by atoms with Gasteiger partial charge in [-0.2, -0.15) is 0 Å². The van der Waals surface area contributed by atoms with Gasteiger partial charge in [-0.05, 0) is 337 Å². The van der Waals surface area contributed by atoms with E-state index in [-0.39, 0.29) is 32.5 Å². The third kappa shape index (κ3) is 25.1. The maximum absolute atomic E-state index is 2.36. The Labute approximate surface area is 702 Å². The number of rotatable bonds is 6. The average molecular weight is 1530 g/mol. The molecular weight excluding hydrogens is 1380 g/mol. The second-order valence-corrected chi connectivity index (χ2v) is 40.1. The molecule has 12 aromatic carbocycles. The minimum absolute atomic E-state index is 0.198. The van der Waals surface area contributed by atoms with Crippen LogP contribution in [-0.2, 0) is 32.5 Å². The van der Waals surface area contributed by atoms with Gasteiger partial charge in [-0.1, -0.05) is 370 Å². The maximum atomic E-state index is 2.36. The molecule has 0 heteroatoms. The van der Waals surface area contributed by atoms with Crippen molar-refractivity contribution in [2.45, 2.75) is 289 Å². The lowest BCUT2D eigenvalue weighted by molar-refractivity contribution is 0.581. The van der Waals surface area contributed by atoms with Crippen molar-refractivity contribution in [3.8, 4) is 66.8 Å². The SMILES string of the molecule is Cc1cc(C)c(-c2cc(C)c(C(C)(C)C)c(C)c2)c(C)c1.Cc1ccc(-c2cc(C)c(C(C)(C)C)c(C)c2)c(C)c1.Cc1ccc(-c2cc(C)c(C(C)(C)C)c(C)c2)cc1.Cc1ccc(-c2ccc(C(C)(C)C)c(C)c2)c(C)c1.Cc1ccc(-c2ccc(C(C)(C)C)c(C)c2)cc1.Cc1ccc(-c2ccc(C(C)(C)C)cc2)c(C)c1. The van der Waals surface area contributed by atoms with E-state index < -0.39 is 0 Å². The summed E-state index contributed by atoms with van der Waals surface area (Å²) in [6.45, 7) is 82.7. The van der Waals surface area contributed by atoms with Gasteiger partial charge >= 0.3 is 0 Å². The number of hydrogen-bond donors (Lipinski definition) is 0. The van der Waals surface area contributed by atoms with Crippen molar-refractivity contribution < 1.29 is 0 Å². The van der Waals surface area contributed by atoms with E-state index in [1.807, 2.05) is 0 Å². The molecule has 0 aromatic heterocycles. The van der Waals surface area contributed by atoms with Crippen molar-refractivity contribution in [3.05, 3.63) is 351 Å². The van der Waals surface area contributed by atoms with Gasteiger partial charge in [-0.3, -0.25) is 0 Å². The standard InChI is InChI=1S/C21H28.C20H26.2C19H24.2C18H22/c1-13-9-14(2)19(15(3)10-13)18-11-16(4)20(17(5)12-18)21(6,7)8;1-13-8-9-18(14(2)10-13)17-11-15(3)19(16(4)12-17)20(5,6)7;1-13-7-9-17(14(2)11-13)16-8-10-18(15(3)12-16)19(4,5)6;1-13-7-9-16(10-8-13)17-11-14(2)18(15(3)12-17)19(4,5)6;1-13-6-11-17(14(2)12-13)15-7-9-16(10-8-15)18(3,4)5;1-13-6-8-15(9-7-13)16-10-11-17(14(2)12-16)18(3,4)5/h9-12H,1-8H3;8-12H,1-7H3;2*7-12H,1-6H3;2*6-12H,1-5H3. The monoisotopic (exact) mass is 1530 g/mol. The zero-order valence-corrected chi connectivity index (χ0v) is 78.7. The summed E-state index contributed by atoms with van der Waals surface area (Å²) in [5.41, 5.74) is 51.8. The molecule has 0 nitrogen and oxygen atoms in total. The Hall–Kier alpha value is -9.36. The summed E-state index contributed by atoms with van der Waals surface area (Å²) >= 11 is 0. The maximum Gasteiger partial charge on any atom is -0.0125 e. The Morgan fingerprint density at radius 1 is 0.148 bits per heavy atom. The molecule has 115 heavy (non-hydrogen) atoms. The Balaban J connectivity index is 0.000000191. The molecule has 0 fully saturated rings. The summed E-state index contributed by atoms with van der Waals surface area (Å²) in [5.74, 6) is 0. The summed E-state index contributed by atoms with van der Waals surface area (Å²) in [6, 6.07) is 78.7. The smallest absolute Gasteiger partial charge is 0.0125 e. The highest BCUT2D eigenvalue weighted by molar-refractivity contribution is 5.75. The fourth-order valence-corrected chi connectivity index (χ4v) is 18.0. The van der Waals surface area contributed by atoms with Crippen LogP contribution >= 0.6 is 0 Å². The van der Waals surface area contributed by atoms with Crippen molar-refractivity contribution in [1.29, 1.82) is 0 Å². The molecule has 0 saturated heterocycles. The lowest BCUT2D eigenvalue weighted by Crippen LogP contribution is -2.15. The van der Waals surface area contributed by atoms with Gasteiger partial charge in [-0.25, -0.2) is 0 Å². The van der Waals surface area contributed by atoms with E-state index in [0.29, 0.717) is 0 Å². The van der Waals surface area contributed by atoms with E-state index in [1.54, 1.807) is 0 Å².